The Hall–Kier alpha value is -1.62. The Morgan fingerprint density at radius 3 is 2.56 bits per heavy atom. The molecular weight excluding hydrogens is 210 g/mol. The Morgan fingerprint density at radius 2 is 2.12 bits per heavy atom. The van der Waals surface area contributed by atoms with E-state index in [2.05, 4.69) is 0 Å². The fraction of sp³-hybridized carbons (Fsp3) is 0.455. The fourth-order valence-electron chi connectivity index (χ4n) is 1.49. The molecular formula is C11H15NO4. The van der Waals surface area contributed by atoms with Gasteiger partial charge in [-0.05, 0) is 25.5 Å². The van der Waals surface area contributed by atoms with Crippen molar-refractivity contribution in [1.29, 1.82) is 0 Å². The highest BCUT2D eigenvalue weighted by molar-refractivity contribution is 5.48. The number of aliphatic hydroxyl groups is 1. The second kappa shape index (κ2) is 4.49. The van der Waals surface area contributed by atoms with Crippen molar-refractivity contribution in [2.45, 2.75) is 25.9 Å². The van der Waals surface area contributed by atoms with Crippen LogP contribution in [-0.2, 0) is 6.42 Å². The SMILES string of the molecule is COc1ccc(CC(C)(C)O)cc1[N+](=O)[O-]. The molecule has 0 aliphatic rings. The number of ether oxygens (including phenoxy) is 1. The second-order valence-electron chi connectivity index (χ2n) is 4.25. The van der Waals surface area contributed by atoms with E-state index in [0.717, 1.165) is 0 Å². The topological polar surface area (TPSA) is 72.6 Å². The molecule has 0 unspecified atom stereocenters. The number of methoxy groups -OCH3 is 1. The lowest BCUT2D eigenvalue weighted by Gasteiger charge is -2.16. The molecule has 5 heteroatoms. The van der Waals surface area contributed by atoms with E-state index in [0.29, 0.717) is 12.0 Å². The number of nitrogens with zero attached hydrogens (tertiary/aromatic N) is 1. The minimum Gasteiger partial charge on any atom is -0.490 e. The maximum absolute atomic E-state index is 10.8. The predicted octanol–water partition coefficient (Wildman–Crippen LogP) is 1.92. The monoisotopic (exact) mass is 225 g/mol. The smallest absolute Gasteiger partial charge is 0.311 e. The van der Waals surface area contributed by atoms with Gasteiger partial charge in [0.25, 0.3) is 0 Å². The van der Waals surface area contributed by atoms with Crippen LogP contribution in [0.3, 0.4) is 0 Å². The maximum atomic E-state index is 10.8. The van der Waals surface area contributed by atoms with Crippen LogP contribution in [0.2, 0.25) is 0 Å². The number of nitro benzene ring substituents is 1. The van der Waals surface area contributed by atoms with Gasteiger partial charge in [-0.1, -0.05) is 6.07 Å². The predicted molar refractivity (Wildman–Crippen MR) is 59.7 cm³/mol. The van der Waals surface area contributed by atoms with Gasteiger partial charge in [-0.2, -0.15) is 0 Å². The first kappa shape index (κ1) is 12.4. The molecule has 1 aromatic carbocycles. The molecule has 0 fully saturated rings. The first-order chi connectivity index (χ1) is 7.33. The molecule has 1 aromatic rings. The number of nitro groups is 1. The Balaban J connectivity index is 3.07. The van der Waals surface area contributed by atoms with E-state index in [-0.39, 0.29) is 11.4 Å². The van der Waals surface area contributed by atoms with Gasteiger partial charge in [0, 0.05) is 12.5 Å². The molecule has 0 bridgehead atoms. The second-order valence-corrected chi connectivity index (χ2v) is 4.25. The van der Waals surface area contributed by atoms with Crippen LogP contribution in [0.1, 0.15) is 19.4 Å². The van der Waals surface area contributed by atoms with E-state index >= 15 is 0 Å². The van der Waals surface area contributed by atoms with Crippen LogP contribution in [-0.4, -0.2) is 22.7 Å². The van der Waals surface area contributed by atoms with Gasteiger partial charge in [-0.25, -0.2) is 0 Å². The maximum Gasteiger partial charge on any atom is 0.311 e. The average Bonchev–Trinajstić information content (AvgIpc) is 2.15. The molecule has 16 heavy (non-hydrogen) atoms. The third kappa shape index (κ3) is 3.20. The minimum absolute atomic E-state index is 0.0794. The van der Waals surface area contributed by atoms with E-state index < -0.39 is 10.5 Å². The van der Waals surface area contributed by atoms with Crippen LogP contribution in [0, 0.1) is 10.1 Å². The number of rotatable bonds is 4. The van der Waals surface area contributed by atoms with Crippen LogP contribution in [0.5, 0.6) is 5.75 Å². The highest BCUT2D eigenvalue weighted by Crippen LogP contribution is 2.28. The summed E-state index contributed by atoms with van der Waals surface area (Å²) in [6.45, 7) is 3.31. The highest BCUT2D eigenvalue weighted by atomic mass is 16.6. The van der Waals surface area contributed by atoms with Crippen LogP contribution in [0.15, 0.2) is 18.2 Å². The van der Waals surface area contributed by atoms with Crippen molar-refractivity contribution in [3.63, 3.8) is 0 Å². The molecule has 0 spiro atoms. The minimum atomic E-state index is -0.886. The summed E-state index contributed by atoms with van der Waals surface area (Å²) in [7, 11) is 1.39. The molecule has 1 N–H and O–H groups in total. The molecule has 0 heterocycles. The molecule has 0 aliphatic heterocycles. The lowest BCUT2D eigenvalue weighted by atomic mass is 9.98. The normalized spacial score (nSPS) is 11.2. The van der Waals surface area contributed by atoms with Crippen molar-refractivity contribution in [3.05, 3.63) is 33.9 Å². The number of benzene rings is 1. The van der Waals surface area contributed by atoms with Gasteiger partial charge in [0.15, 0.2) is 5.75 Å². The first-order valence-corrected chi connectivity index (χ1v) is 4.87. The van der Waals surface area contributed by atoms with Crippen molar-refractivity contribution < 1.29 is 14.8 Å². The third-order valence-corrected chi connectivity index (χ3v) is 2.08. The van der Waals surface area contributed by atoms with Crippen LogP contribution in [0.25, 0.3) is 0 Å². The molecule has 0 amide bonds. The van der Waals surface area contributed by atoms with E-state index in [1.54, 1.807) is 26.0 Å². The molecule has 0 atom stereocenters. The van der Waals surface area contributed by atoms with E-state index in [1.165, 1.54) is 13.2 Å². The van der Waals surface area contributed by atoms with Crippen LogP contribution >= 0.6 is 0 Å². The van der Waals surface area contributed by atoms with Crippen LogP contribution < -0.4 is 4.74 Å². The summed E-state index contributed by atoms with van der Waals surface area (Å²) in [6.07, 6.45) is 0.359. The standard InChI is InChI=1S/C11H15NO4/c1-11(2,13)7-8-4-5-10(16-3)9(6-8)12(14)15/h4-6,13H,7H2,1-3H3. The molecule has 0 saturated heterocycles. The van der Waals surface area contributed by atoms with Gasteiger partial charge in [0.05, 0.1) is 17.6 Å². The van der Waals surface area contributed by atoms with E-state index in [9.17, 15) is 15.2 Å². The summed E-state index contributed by atoms with van der Waals surface area (Å²) < 4.78 is 4.89. The van der Waals surface area contributed by atoms with Gasteiger partial charge < -0.3 is 9.84 Å². The summed E-state index contributed by atoms with van der Waals surface area (Å²) >= 11 is 0. The number of hydrogen-bond donors (Lipinski definition) is 1. The summed E-state index contributed by atoms with van der Waals surface area (Å²) in [6, 6.07) is 4.68. The zero-order chi connectivity index (χ0) is 12.3. The largest absolute Gasteiger partial charge is 0.490 e. The molecule has 0 saturated carbocycles. The molecule has 0 aliphatic carbocycles. The average molecular weight is 225 g/mol. The lowest BCUT2D eigenvalue weighted by Crippen LogP contribution is -2.21. The Morgan fingerprint density at radius 1 is 1.50 bits per heavy atom. The Labute approximate surface area is 93.8 Å². The van der Waals surface area contributed by atoms with Crippen LogP contribution in [0.4, 0.5) is 5.69 Å². The number of hydrogen-bond acceptors (Lipinski definition) is 4. The lowest BCUT2D eigenvalue weighted by molar-refractivity contribution is -0.385. The van der Waals surface area contributed by atoms with E-state index in [1.807, 2.05) is 0 Å². The highest BCUT2D eigenvalue weighted by Gasteiger charge is 2.19. The Bertz CT molecular complexity index is 395. The third-order valence-electron chi connectivity index (χ3n) is 2.08. The first-order valence-electron chi connectivity index (χ1n) is 4.87. The molecule has 5 nitrogen and oxygen atoms in total. The van der Waals surface area contributed by atoms with E-state index in [4.69, 9.17) is 4.74 Å². The van der Waals surface area contributed by atoms with Gasteiger partial charge in [0.2, 0.25) is 0 Å². The van der Waals surface area contributed by atoms with Crippen molar-refractivity contribution in [2.24, 2.45) is 0 Å². The summed E-state index contributed by atoms with van der Waals surface area (Å²) in [5.74, 6) is 0.226. The van der Waals surface area contributed by atoms with Crippen molar-refractivity contribution in [2.75, 3.05) is 7.11 Å². The zero-order valence-electron chi connectivity index (χ0n) is 9.56. The van der Waals surface area contributed by atoms with Gasteiger partial charge in [-0.15, -0.1) is 0 Å². The molecule has 1 rings (SSSR count). The quantitative estimate of drug-likeness (QED) is 0.627. The summed E-state index contributed by atoms with van der Waals surface area (Å²) in [5.41, 5.74) is -0.258. The van der Waals surface area contributed by atoms with Crippen molar-refractivity contribution in [3.8, 4) is 5.75 Å². The summed E-state index contributed by atoms with van der Waals surface area (Å²) in [4.78, 5) is 10.3. The zero-order valence-corrected chi connectivity index (χ0v) is 9.56. The van der Waals surface area contributed by atoms with Gasteiger partial charge >= 0.3 is 5.69 Å². The van der Waals surface area contributed by atoms with Gasteiger partial charge in [-0.3, -0.25) is 10.1 Å². The molecule has 0 radical (unpaired) electrons. The molecule has 88 valence electrons. The summed E-state index contributed by atoms with van der Waals surface area (Å²) in [5, 5.41) is 20.4. The van der Waals surface area contributed by atoms with Crippen molar-refractivity contribution in [1.82, 2.24) is 0 Å². The fourth-order valence-corrected chi connectivity index (χ4v) is 1.49. The molecule has 0 aromatic heterocycles. The van der Waals surface area contributed by atoms with Crippen molar-refractivity contribution >= 4 is 5.69 Å². The Kier molecular flexibility index (Phi) is 3.49. The van der Waals surface area contributed by atoms with Gasteiger partial charge in [0.1, 0.15) is 0 Å².